The predicted molar refractivity (Wildman–Crippen MR) is 90.1 cm³/mol. The Morgan fingerprint density at radius 1 is 1.48 bits per heavy atom. The van der Waals surface area contributed by atoms with Crippen LogP contribution in [0.25, 0.3) is 0 Å². The second-order valence-corrected chi connectivity index (χ2v) is 9.57. The smallest absolute Gasteiger partial charge is 0.233 e. The minimum Gasteiger partial charge on any atom is -0.351 e. The molecule has 1 aliphatic heterocycles. The van der Waals surface area contributed by atoms with Crippen molar-refractivity contribution in [3.63, 3.8) is 0 Å². The summed E-state index contributed by atoms with van der Waals surface area (Å²) in [5.74, 6) is 0.893. The number of nitrogens with one attached hydrogen (secondary N) is 1. The van der Waals surface area contributed by atoms with Crippen molar-refractivity contribution in [1.29, 1.82) is 0 Å². The van der Waals surface area contributed by atoms with E-state index in [9.17, 15) is 13.2 Å². The third kappa shape index (κ3) is 5.00. The van der Waals surface area contributed by atoms with Crippen molar-refractivity contribution in [2.75, 3.05) is 11.5 Å². The lowest BCUT2D eigenvalue weighted by Crippen LogP contribution is -2.40. The molecular formula is C14H18BrNO3S2. The van der Waals surface area contributed by atoms with E-state index in [1.165, 1.54) is 0 Å². The van der Waals surface area contributed by atoms with Gasteiger partial charge in [0.15, 0.2) is 9.84 Å². The number of rotatable bonds is 5. The fourth-order valence-electron chi connectivity index (χ4n) is 2.13. The summed E-state index contributed by atoms with van der Waals surface area (Å²) in [4.78, 5) is 12.1. The van der Waals surface area contributed by atoms with E-state index in [1.807, 2.05) is 31.2 Å². The zero-order chi connectivity index (χ0) is 15.5. The van der Waals surface area contributed by atoms with Gasteiger partial charge in [-0.2, -0.15) is 0 Å². The van der Waals surface area contributed by atoms with Crippen molar-refractivity contribution >= 4 is 43.4 Å². The number of carbonyl (C=O) groups excluding carboxylic acids is 1. The van der Waals surface area contributed by atoms with Gasteiger partial charge in [0.25, 0.3) is 0 Å². The van der Waals surface area contributed by atoms with Gasteiger partial charge in [-0.1, -0.05) is 34.1 Å². The second-order valence-electron chi connectivity index (χ2n) is 5.15. The van der Waals surface area contributed by atoms with Crippen molar-refractivity contribution in [2.24, 2.45) is 0 Å². The lowest BCUT2D eigenvalue weighted by molar-refractivity contribution is -0.120. The van der Waals surface area contributed by atoms with E-state index in [4.69, 9.17) is 0 Å². The van der Waals surface area contributed by atoms with E-state index in [2.05, 4.69) is 21.2 Å². The molecule has 4 nitrogen and oxygen atoms in total. The van der Waals surface area contributed by atoms with E-state index in [1.54, 1.807) is 11.8 Å². The van der Waals surface area contributed by atoms with Gasteiger partial charge in [0.1, 0.15) is 0 Å². The van der Waals surface area contributed by atoms with Crippen LogP contribution in [-0.2, 0) is 20.4 Å². The van der Waals surface area contributed by atoms with Crippen LogP contribution in [-0.4, -0.2) is 37.1 Å². The Balaban J connectivity index is 1.82. The highest BCUT2D eigenvalue weighted by Gasteiger charge is 2.29. The van der Waals surface area contributed by atoms with E-state index >= 15 is 0 Å². The molecule has 1 aliphatic rings. The van der Waals surface area contributed by atoms with Crippen molar-refractivity contribution < 1.29 is 13.2 Å². The molecule has 2 rings (SSSR count). The Bertz CT molecular complexity index is 618. The summed E-state index contributed by atoms with van der Waals surface area (Å²) in [7, 11) is -2.96. The maximum atomic E-state index is 12.1. The van der Waals surface area contributed by atoms with Crippen LogP contribution in [0.1, 0.15) is 18.9 Å². The van der Waals surface area contributed by atoms with Crippen molar-refractivity contribution in [1.82, 2.24) is 5.32 Å². The quantitative estimate of drug-likeness (QED) is 0.836. The fourth-order valence-corrected chi connectivity index (χ4v) is 5.32. The van der Waals surface area contributed by atoms with Gasteiger partial charge in [-0.15, -0.1) is 11.8 Å². The van der Waals surface area contributed by atoms with Gasteiger partial charge in [-0.25, -0.2) is 8.42 Å². The predicted octanol–water partition coefficient (Wildman–Crippen LogP) is 2.37. The van der Waals surface area contributed by atoms with E-state index in [0.717, 1.165) is 15.8 Å². The SMILES string of the molecule is C[C@H](SCc1ccccc1Br)C(=O)N[C@H]1CCS(=O)(=O)C1. The Kier molecular flexibility index (Phi) is 5.73. The molecule has 116 valence electrons. The van der Waals surface area contributed by atoms with E-state index in [0.29, 0.717) is 6.42 Å². The minimum atomic E-state index is -2.96. The summed E-state index contributed by atoms with van der Waals surface area (Å²) in [5, 5.41) is 2.63. The molecule has 1 amide bonds. The summed E-state index contributed by atoms with van der Waals surface area (Å²) in [6.45, 7) is 1.85. The molecule has 2 atom stereocenters. The summed E-state index contributed by atoms with van der Waals surface area (Å²) in [6, 6.07) is 7.69. The van der Waals surface area contributed by atoms with Gasteiger partial charge >= 0.3 is 0 Å². The van der Waals surface area contributed by atoms with Gasteiger partial charge in [-0.3, -0.25) is 4.79 Å². The van der Waals surface area contributed by atoms with Crippen LogP contribution in [0, 0.1) is 0 Å². The van der Waals surface area contributed by atoms with Gasteiger partial charge in [0.05, 0.1) is 16.8 Å². The number of hydrogen-bond donors (Lipinski definition) is 1. The zero-order valence-corrected chi connectivity index (χ0v) is 14.9. The molecule has 0 spiro atoms. The average Bonchev–Trinajstić information content (AvgIpc) is 2.76. The molecule has 7 heteroatoms. The molecule has 21 heavy (non-hydrogen) atoms. The third-order valence-corrected chi connectivity index (χ3v) is 7.13. The molecular weight excluding hydrogens is 374 g/mol. The highest BCUT2D eigenvalue weighted by molar-refractivity contribution is 9.10. The molecule has 0 bridgehead atoms. The third-order valence-electron chi connectivity index (χ3n) is 3.39. The average molecular weight is 392 g/mol. The molecule has 0 saturated carbocycles. The second kappa shape index (κ2) is 7.15. The summed E-state index contributed by atoms with van der Waals surface area (Å²) >= 11 is 5.03. The molecule has 0 unspecified atom stereocenters. The van der Waals surface area contributed by atoms with Crippen molar-refractivity contribution in [3.05, 3.63) is 34.3 Å². The number of carbonyl (C=O) groups is 1. The van der Waals surface area contributed by atoms with Crippen LogP contribution in [0.2, 0.25) is 0 Å². The Morgan fingerprint density at radius 3 is 2.81 bits per heavy atom. The first kappa shape index (κ1) is 16.8. The van der Waals surface area contributed by atoms with Crippen LogP contribution in [0.3, 0.4) is 0 Å². The van der Waals surface area contributed by atoms with Crippen LogP contribution in [0.4, 0.5) is 0 Å². The Hall–Kier alpha value is -0.530. The zero-order valence-electron chi connectivity index (χ0n) is 11.7. The Morgan fingerprint density at radius 2 is 2.19 bits per heavy atom. The number of thioether (sulfide) groups is 1. The standard InChI is InChI=1S/C14H18BrNO3S2/c1-10(20-8-11-4-2-3-5-13(11)15)14(17)16-12-6-7-21(18,19)9-12/h2-5,10,12H,6-9H2,1H3,(H,16,17)/t10-,12-/m0/s1. The van der Waals surface area contributed by atoms with Gasteiger partial charge in [0.2, 0.25) is 5.91 Å². The molecule has 0 aliphatic carbocycles. The van der Waals surface area contributed by atoms with Gasteiger partial charge < -0.3 is 5.32 Å². The topological polar surface area (TPSA) is 63.2 Å². The number of sulfone groups is 1. The number of amides is 1. The summed E-state index contributed by atoms with van der Waals surface area (Å²) in [5.41, 5.74) is 1.14. The van der Waals surface area contributed by atoms with Crippen LogP contribution < -0.4 is 5.32 Å². The van der Waals surface area contributed by atoms with Gasteiger partial charge in [0, 0.05) is 16.3 Å². The Labute approximate surface area is 138 Å². The lowest BCUT2D eigenvalue weighted by Gasteiger charge is -2.16. The minimum absolute atomic E-state index is 0.0698. The fraction of sp³-hybridized carbons (Fsp3) is 0.500. The molecule has 1 fully saturated rings. The maximum Gasteiger partial charge on any atom is 0.233 e. The number of hydrogen-bond acceptors (Lipinski definition) is 4. The first-order valence-corrected chi connectivity index (χ1v) is 10.4. The molecule has 0 radical (unpaired) electrons. The summed E-state index contributed by atoms with van der Waals surface area (Å²) < 4.78 is 23.8. The monoisotopic (exact) mass is 391 g/mol. The molecule has 0 aromatic heterocycles. The highest BCUT2D eigenvalue weighted by Crippen LogP contribution is 2.24. The van der Waals surface area contributed by atoms with E-state index in [-0.39, 0.29) is 28.7 Å². The molecule has 1 N–H and O–H groups in total. The first-order chi connectivity index (χ1) is 9.87. The number of benzene rings is 1. The normalized spacial score (nSPS) is 21.9. The van der Waals surface area contributed by atoms with Crippen LogP contribution >= 0.6 is 27.7 Å². The molecule has 1 saturated heterocycles. The first-order valence-electron chi connectivity index (χ1n) is 6.73. The number of halogens is 1. The largest absolute Gasteiger partial charge is 0.351 e. The van der Waals surface area contributed by atoms with Gasteiger partial charge in [-0.05, 0) is 25.0 Å². The molecule has 1 heterocycles. The maximum absolute atomic E-state index is 12.1. The van der Waals surface area contributed by atoms with Crippen molar-refractivity contribution in [2.45, 2.75) is 30.4 Å². The lowest BCUT2D eigenvalue weighted by atomic mass is 10.2. The molecule has 1 aromatic carbocycles. The van der Waals surface area contributed by atoms with Crippen LogP contribution in [0.15, 0.2) is 28.7 Å². The van der Waals surface area contributed by atoms with E-state index < -0.39 is 9.84 Å². The summed E-state index contributed by atoms with van der Waals surface area (Å²) in [6.07, 6.45) is 0.524. The van der Waals surface area contributed by atoms with Crippen molar-refractivity contribution in [3.8, 4) is 0 Å². The van der Waals surface area contributed by atoms with Crippen LogP contribution in [0.5, 0.6) is 0 Å². The highest BCUT2D eigenvalue weighted by atomic mass is 79.9. The molecule has 1 aromatic rings.